The number of methoxy groups -OCH3 is 1. The molecule has 3 unspecified atom stereocenters. The van der Waals surface area contributed by atoms with Gasteiger partial charge in [-0.25, -0.2) is 4.98 Å². The summed E-state index contributed by atoms with van der Waals surface area (Å²) < 4.78 is 4.60. The quantitative estimate of drug-likeness (QED) is 0.849. The highest BCUT2D eigenvalue weighted by molar-refractivity contribution is 7.13. The summed E-state index contributed by atoms with van der Waals surface area (Å²) in [6.45, 7) is 0. The first-order valence-electron chi connectivity index (χ1n) is 7.45. The van der Waals surface area contributed by atoms with Gasteiger partial charge in [-0.3, -0.25) is 9.59 Å². The second-order valence-corrected chi connectivity index (χ2v) is 6.94. The van der Waals surface area contributed by atoms with Crippen molar-refractivity contribution in [2.75, 3.05) is 12.4 Å². The molecule has 0 aromatic carbocycles. The van der Waals surface area contributed by atoms with Gasteiger partial charge in [0.15, 0.2) is 5.13 Å². The molecule has 21 heavy (non-hydrogen) atoms. The van der Waals surface area contributed by atoms with E-state index in [-0.39, 0.29) is 18.3 Å². The van der Waals surface area contributed by atoms with Crippen LogP contribution in [-0.4, -0.2) is 24.0 Å². The molecule has 1 heterocycles. The number of rotatable bonds is 5. The number of esters is 1. The first-order chi connectivity index (χ1) is 10.1. The Balaban J connectivity index is 1.49. The lowest BCUT2D eigenvalue weighted by Gasteiger charge is -2.20. The normalized spacial score (nSPS) is 26.8. The molecule has 114 valence electrons. The fourth-order valence-electron chi connectivity index (χ4n) is 3.70. The number of amides is 1. The lowest BCUT2D eigenvalue weighted by atomic mass is 9.86. The monoisotopic (exact) mass is 308 g/mol. The Labute approximate surface area is 128 Å². The zero-order valence-electron chi connectivity index (χ0n) is 12.1. The number of thiazole rings is 1. The van der Waals surface area contributed by atoms with E-state index in [9.17, 15) is 9.59 Å². The second-order valence-electron chi connectivity index (χ2n) is 6.08. The predicted molar refractivity (Wildman–Crippen MR) is 80.0 cm³/mol. The highest BCUT2D eigenvalue weighted by atomic mass is 32.1. The van der Waals surface area contributed by atoms with Gasteiger partial charge in [0.25, 0.3) is 0 Å². The minimum absolute atomic E-state index is 0.0477. The summed E-state index contributed by atoms with van der Waals surface area (Å²) in [5.41, 5.74) is 0.641. The first-order valence-corrected chi connectivity index (χ1v) is 8.33. The molecule has 2 fully saturated rings. The largest absolute Gasteiger partial charge is 0.469 e. The molecule has 6 heteroatoms. The van der Waals surface area contributed by atoms with Gasteiger partial charge in [-0.05, 0) is 37.0 Å². The molecule has 2 aliphatic carbocycles. The van der Waals surface area contributed by atoms with Gasteiger partial charge in [-0.15, -0.1) is 11.3 Å². The minimum Gasteiger partial charge on any atom is -0.469 e. The van der Waals surface area contributed by atoms with E-state index in [0.29, 0.717) is 23.2 Å². The number of hydrogen-bond donors (Lipinski definition) is 1. The summed E-state index contributed by atoms with van der Waals surface area (Å²) in [6.07, 6.45) is 5.93. The van der Waals surface area contributed by atoms with Crippen LogP contribution < -0.4 is 5.32 Å². The van der Waals surface area contributed by atoms with Crippen LogP contribution >= 0.6 is 11.3 Å². The lowest BCUT2D eigenvalue weighted by molar-refractivity contribution is -0.139. The van der Waals surface area contributed by atoms with Crippen LogP contribution in [0.3, 0.4) is 0 Å². The zero-order chi connectivity index (χ0) is 14.8. The van der Waals surface area contributed by atoms with Gasteiger partial charge in [0.1, 0.15) is 0 Å². The smallest absolute Gasteiger partial charge is 0.311 e. The summed E-state index contributed by atoms with van der Waals surface area (Å²) in [6, 6.07) is 0. The summed E-state index contributed by atoms with van der Waals surface area (Å²) in [4.78, 5) is 27.5. The third-order valence-corrected chi connectivity index (χ3v) is 5.49. The number of carbonyl (C=O) groups is 2. The highest BCUT2D eigenvalue weighted by Gasteiger charge is 2.40. The van der Waals surface area contributed by atoms with Crippen molar-refractivity contribution in [3.63, 3.8) is 0 Å². The lowest BCUT2D eigenvalue weighted by Crippen LogP contribution is -2.20. The Hall–Kier alpha value is -1.43. The number of fused-ring (bicyclic) bond motifs is 2. The molecule has 1 N–H and O–H groups in total. The fourth-order valence-corrected chi connectivity index (χ4v) is 4.43. The molecule has 1 aromatic rings. The predicted octanol–water partition coefficient (Wildman–Crippen LogP) is 2.62. The van der Waals surface area contributed by atoms with Crippen molar-refractivity contribution in [2.45, 2.75) is 38.5 Å². The Bertz CT molecular complexity index is 543. The maximum atomic E-state index is 12.1. The Morgan fingerprint density at radius 3 is 2.95 bits per heavy atom. The van der Waals surface area contributed by atoms with E-state index in [1.165, 1.54) is 44.1 Å². The Kier molecular flexibility index (Phi) is 4.24. The molecule has 1 aromatic heterocycles. The van der Waals surface area contributed by atoms with Crippen molar-refractivity contribution in [2.24, 2.45) is 17.8 Å². The Morgan fingerprint density at radius 1 is 1.43 bits per heavy atom. The summed E-state index contributed by atoms with van der Waals surface area (Å²) in [5.74, 6) is 1.90. The molecular formula is C15H20N2O3S. The van der Waals surface area contributed by atoms with Crippen LogP contribution in [0.1, 0.15) is 37.8 Å². The molecule has 5 nitrogen and oxygen atoms in total. The van der Waals surface area contributed by atoms with Crippen LogP contribution in [0, 0.1) is 17.8 Å². The molecular weight excluding hydrogens is 288 g/mol. The van der Waals surface area contributed by atoms with Crippen molar-refractivity contribution in [1.82, 2.24) is 4.98 Å². The maximum Gasteiger partial charge on any atom is 0.311 e. The van der Waals surface area contributed by atoms with E-state index in [1.54, 1.807) is 5.38 Å². The van der Waals surface area contributed by atoms with E-state index in [1.807, 2.05) is 0 Å². The van der Waals surface area contributed by atoms with Crippen molar-refractivity contribution in [1.29, 1.82) is 0 Å². The number of carbonyl (C=O) groups excluding carboxylic acids is 2. The number of nitrogens with zero attached hydrogens (tertiary/aromatic N) is 1. The molecule has 0 radical (unpaired) electrons. The van der Waals surface area contributed by atoms with Crippen LogP contribution in [0.15, 0.2) is 5.38 Å². The van der Waals surface area contributed by atoms with Gasteiger partial charge in [-0.1, -0.05) is 6.42 Å². The van der Waals surface area contributed by atoms with Crippen molar-refractivity contribution >= 4 is 28.3 Å². The van der Waals surface area contributed by atoms with Crippen LogP contribution in [0.25, 0.3) is 0 Å². The third kappa shape index (κ3) is 3.43. The summed E-state index contributed by atoms with van der Waals surface area (Å²) in [5, 5.41) is 5.21. The number of nitrogens with one attached hydrogen (secondary N) is 1. The molecule has 0 spiro atoms. The van der Waals surface area contributed by atoms with Crippen LogP contribution in [0.4, 0.5) is 5.13 Å². The molecule has 1 amide bonds. The summed E-state index contributed by atoms with van der Waals surface area (Å²) >= 11 is 1.35. The minimum atomic E-state index is -0.319. The Morgan fingerprint density at radius 2 is 2.29 bits per heavy atom. The molecule has 3 rings (SSSR count). The van der Waals surface area contributed by atoms with E-state index in [4.69, 9.17) is 0 Å². The van der Waals surface area contributed by atoms with Crippen molar-refractivity contribution in [3.8, 4) is 0 Å². The van der Waals surface area contributed by atoms with E-state index in [0.717, 1.165) is 11.8 Å². The summed E-state index contributed by atoms with van der Waals surface area (Å²) in [7, 11) is 1.35. The number of ether oxygens (including phenoxy) is 1. The van der Waals surface area contributed by atoms with Crippen LogP contribution in [0.5, 0.6) is 0 Å². The molecule has 0 saturated heterocycles. The molecule has 2 aliphatic rings. The average molecular weight is 308 g/mol. The van der Waals surface area contributed by atoms with Gasteiger partial charge in [-0.2, -0.15) is 0 Å². The van der Waals surface area contributed by atoms with Crippen LogP contribution in [-0.2, 0) is 20.7 Å². The highest BCUT2D eigenvalue weighted by Crippen LogP contribution is 2.49. The van der Waals surface area contributed by atoms with Gasteiger partial charge < -0.3 is 10.1 Å². The van der Waals surface area contributed by atoms with Crippen molar-refractivity contribution < 1.29 is 14.3 Å². The van der Waals surface area contributed by atoms with Gasteiger partial charge in [0.2, 0.25) is 5.91 Å². The average Bonchev–Trinajstić information content (AvgIpc) is 3.15. The van der Waals surface area contributed by atoms with Crippen LogP contribution in [0.2, 0.25) is 0 Å². The first kappa shape index (κ1) is 14.5. The fraction of sp³-hybridized carbons (Fsp3) is 0.667. The topological polar surface area (TPSA) is 68.3 Å². The van der Waals surface area contributed by atoms with E-state index in [2.05, 4.69) is 15.0 Å². The van der Waals surface area contributed by atoms with Crippen molar-refractivity contribution in [3.05, 3.63) is 11.1 Å². The van der Waals surface area contributed by atoms with Gasteiger partial charge >= 0.3 is 5.97 Å². The second kappa shape index (κ2) is 6.13. The number of anilines is 1. The zero-order valence-corrected chi connectivity index (χ0v) is 12.9. The van der Waals surface area contributed by atoms with E-state index >= 15 is 0 Å². The number of aromatic nitrogens is 1. The standard InChI is InChI=1S/C15H20N2O3S/c1-20-14(19)7-12-8-21-15(16-12)17-13(18)6-11-5-9-2-3-10(11)4-9/h8-11H,2-7H2,1H3,(H,16,17,18). The third-order valence-electron chi connectivity index (χ3n) is 4.68. The molecule has 2 saturated carbocycles. The SMILES string of the molecule is COC(=O)Cc1csc(NC(=O)CC2CC3CCC2C3)n1. The van der Waals surface area contributed by atoms with E-state index < -0.39 is 0 Å². The molecule has 3 atom stereocenters. The molecule has 0 aliphatic heterocycles. The maximum absolute atomic E-state index is 12.1. The molecule has 2 bridgehead atoms. The number of hydrogen-bond acceptors (Lipinski definition) is 5. The van der Waals surface area contributed by atoms with Gasteiger partial charge in [0, 0.05) is 11.8 Å². The van der Waals surface area contributed by atoms with Gasteiger partial charge in [0.05, 0.1) is 19.2 Å².